The molecule has 0 unspecified atom stereocenters. The third-order valence-electron chi connectivity index (χ3n) is 2.23. The van der Waals surface area contributed by atoms with E-state index >= 15 is 0 Å². The molecule has 0 spiro atoms. The smallest absolute Gasteiger partial charge is 0.127 e. The normalized spacial score (nSPS) is 10.5. The maximum absolute atomic E-state index is 9.27. The Morgan fingerprint density at radius 1 is 1.44 bits per heavy atom. The van der Waals surface area contributed by atoms with Gasteiger partial charge in [0.15, 0.2) is 0 Å². The predicted molar refractivity (Wildman–Crippen MR) is 73.3 cm³/mol. The van der Waals surface area contributed by atoms with Crippen LogP contribution in [0, 0.1) is 6.92 Å². The van der Waals surface area contributed by atoms with E-state index in [1.54, 1.807) is 0 Å². The van der Waals surface area contributed by atoms with E-state index in [1.165, 1.54) is 0 Å². The largest absolute Gasteiger partial charge is 0.493 e. The highest BCUT2D eigenvalue weighted by atomic mass is 79.9. The van der Waals surface area contributed by atoms with E-state index in [0.29, 0.717) is 6.61 Å². The summed E-state index contributed by atoms with van der Waals surface area (Å²) in [4.78, 5) is 0. The SMILES string of the molecule is CSCCCOc1c(C)cc(Br)cc1CO. The summed E-state index contributed by atoms with van der Waals surface area (Å²) in [5, 5.41) is 9.27. The molecule has 0 aromatic heterocycles. The molecule has 0 saturated heterocycles. The summed E-state index contributed by atoms with van der Waals surface area (Å²) in [6, 6.07) is 3.90. The molecule has 2 nitrogen and oxygen atoms in total. The Labute approximate surface area is 110 Å². The molecule has 1 rings (SSSR count). The fourth-order valence-electron chi connectivity index (χ4n) is 1.50. The number of rotatable bonds is 6. The number of thioether (sulfide) groups is 1. The van der Waals surface area contributed by atoms with Gasteiger partial charge in [-0.15, -0.1) is 0 Å². The molecule has 0 atom stereocenters. The molecule has 0 bridgehead atoms. The average molecular weight is 305 g/mol. The first kappa shape index (κ1) is 13.9. The number of hydrogen-bond acceptors (Lipinski definition) is 3. The second-order valence-electron chi connectivity index (χ2n) is 3.56. The number of benzene rings is 1. The Hall–Kier alpha value is -0.190. The third kappa shape index (κ3) is 4.00. The molecule has 1 aromatic rings. The van der Waals surface area contributed by atoms with Crippen LogP contribution in [0.25, 0.3) is 0 Å². The standard InChI is InChI=1S/C12H17BrO2S/c1-9-6-11(13)7-10(8-14)12(9)15-4-3-5-16-2/h6-7,14H,3-5,8H2,1-2H3. The number of ether oxygens (including phenoxy) is 1. The zero-order chi connectivity index (χ0) is 12.0. The van der Waals surface area contributed by atoms with E-state index in [2.05, 4.69) is 22.2 Å². The molecular weight excluding hydrogens is 288 g/mol. The number of aryl methyl sites for hydroxylation is 1. The molecule has 0 saturated carbocycles. The second kappa shape index (κ2) is 7.20. The summed E-state index contributed by atoms with van der Waals surface area (Å²) in [7, 11) is 0. The Morgan fingerprint density at radius 2 is 2.19 bits per heavy atom. The lowest BCUT2D eigenvalue weighted by molar-refractivity contribution is 0.262. The second-order valence-corrected chi connectivity index (χ2v) is 5.47. The third-order valence-corrected chi connectivity index (χ3v) is 3.38. The van der Waals surface area contributed by atoms with Crippen LogP contribution < -0.4 is 4.74 Å². The summed E-state index contributed by atoms with van der Waals surface area (Å²) in [5.74, 6) is 1.93. The van der Waals surface area contributed by atoms with E-state index < -0.39 is 0 Å². The van der Waals surface area contributed by atoms with Crippen molar-refractivity contribution in [3.8, 4) is 5.75 Å². The lowest BCUT2D eigenvalue weighted by atomic mass is 10.1. The highest BCUT2D eigenvalue weighted by molar-refractivity contribution is 9.10. The van der Waals surface area contributed by atoms with E-state index in [4.69, 9.17) is 4.74 Å². The van der Waals surface area contributed by atoms with E-state index in [1.807, 2.05) is 30.8 Å². The van der Waals surface area contributed by atoms with Crippen molar-refractivity contribution in [3.63, 3.8) is 0 Å². The quantitative estimate of drug-likeness (QED) is 0.817. The fraction of sp³-hybridized carbons (Fsp3) is 0.500. The lowest BCUT2D eigenvalue weighted by Crippen LogP contribution is -2.03. The monoisotopic (exact) mass is 304 g/mol. The molecule has 1 N–H and O–H groups in total. The van der Waals surface area contributed by atoms with Crippen LogP contribution in [0.15, 0.2) is 16.6 Å². The van der Waals surface area contributed by atoms with Crippen LogP contribution in [0.4, 0.5) is 0 Å². The Morgan fingerprint density at radius 3 is 2.81 bits per heavy atom. The zero-order valence-electron chi connectivity index (χ0n) is 9.62. The predicted octanol–water partition coefficient (Wildman–Crippen LogP) is 3.38. The number of hydrogen-bond donors (Lipinski definition) is 1. The van der Waals surface area contributed by atoms with Crippen molar-refractivity contribution >= 4 is 27.7 Å². The maximum Gasteiger partial charge on any atom is 0.127 e. The summed E-state index contributed by atoms with van der Waals surface area (Å²) in [6.07, 6.45) is 3.12. The van der Waals surface area contributed by atoms with Crippen molar-refractivity contribution in [2.75, 3.05) is 18.6 Å². The summed E-state index contributed by atoms with van der Waals surface area (Å²) in [5.41, 5.74) is 1.90. The van der Waals surface area contributed by atoms with Crippen LogP contribution in [-0.2, 0) is 6.61 Å². The lowest BCUT2D eigenvalue weighted by Gasteiger charge is -2.13. The molecule has 0 amide bonds. The van der Waals surface area contributed by atoms with Crippen molar-refractivity contribution < 1.29 is 9.84 Å². The van der Waals surface area contributed by atoms with Crippen molar-refractivity contribution in [2.45, 2.75) is 20.0 Å². The zero-order valence-corrected chi connectivity index (χ0v) is 12.0. The molecule has 90 valence electrons. The minimum Gasteiger partial charge on any atom is -0.493 e. The molecule has 0 aliphatic carbocycles. The first-order chi connectivity index (χ1) is 7.69. The van der Waals surface area contributed by atoms with Crippen LogP contribution in [0.1, 0.15) is 17.5 Å². The highest BCUT2D eigenvalue weighted by Crippen LogP contribution is 2.28. The van der Waals surface area contributed by atoms with Gasteiger partial charge in [-0.2, -0.15) is 11.8 Å². The van der Waals surface area contributed by atoms with Gasteiger partial charge in [0.2, 0.25) is 0 Å². The fourth-order valence-corrected chi connectivity index (χ4v) is 2.53. The molecule has 0 fully saturated rings. The van der Waals surface area contributed by atoms with Crippen LogP contribution in [0.3, 0.4) is 0 Å². The summed E-state index contributed by atoms with van der Waals surface area (Å²) >= 11 is 5.23. The van der Waals surface area contributed by atoms with Crippen LogP contribution in [-0.4, -0.2) is 23.7 Å². The van der Waals surface area contributed by atoms with Gasteiger partial charge in [-0.25, -0.2) is 0 Å². The van der Waals surface area contributed by atoms with Gasteiger partial charge in [-0.1, -0.05) is 15.9 Å². The minimum absolute atomic E-state index is 0.0120. The van der Waals surface area contributed by atoms with Gasteiger partial charge < -0.3 is 9.84 Å². The van der Waals surface area contributed by atoms with Gasteiger partial charge in [-0.3, -0.25) is 0 Å². The van der Waals surface area contributed by atoms with Gasteiger partial charge in [0.05, 0.1) is 13.2 Å². The average Bonchev–Trinajstić information content (AvgIpc) is 2.26. The molecular formula is C12H17BrO2S. The molecule has 4 heteroatoms. The highest BCUT2D eigenvalue weighted by Gasteiger charge is 2.08. The molecule has 16 heavy (non-hydrogen) atoms. The van der Waals surface area contributed by atoms with E-state index in [-0.39, 0.29) is 6.61 Å². The maximum atomic E-state index is 9.27. The van der Waals surface area contributed by atoms with Gasteiger partial charge in [-0.05, 0) is 43.0 Å². The number of aliphatic hydroxyl groups is 1. The van der Waals surface area contributed by atoms with Gasteiger partial charge in [0.1, 0.15) is 5.75 Å². The molecule has 1 aromatic carbocycles. The van der Waals surface area contributed by atoms with E-state index in [0.717, 1.165) is 33.5 Å². The minimum atomic E-state index is 0.0120. The molecule has 0 aliphatic heterocycles. The van der Waals surface area contributed by atoms with Gasteiger partial charge in [0, 0.05) is 10.0 Å². The number of halogens is 1. The first-order valence-corrected chi connectivity index (χ1v) is 7.39. The van der Waals surface area contributed by atoms with Crippen molar-refractivity contribution in [1.29, 1.82) is 0 Å². The van der Waals surface area contributed by atoms with Crippen LogP contribution in [0.2, 0.25) is 0 Å². The Bertz CT molecular complexity index is 342. The van der Waals surface area contributed by atoms with Crippen LogP contribution >= 0.6 is 27.7 Å². The molecule has 0 radical (unpaired) electrons. The summed E-state index contributed by atoms with van der Waals surface area (Å²) < 4.78 is 6.70. The molecule has 0 aliphatic rings. The Balaban J connectivity index is 2.70. The number of aliphatic hydroxyl groups excluding tert-OH is 1. The molecule has 0 heterocycles. The summed E-state index contributed by atoms with van der Waals surface area (Å²) in [6.45, 7) is 2.71. The van der Waals surface area contributed by atoms with Crippen molar-refractivity contribution in [3.05, 3.63) is 27.7 Å². The van der Waals surface area contributed by atoms with Gasteiger partial charge in [0.25, 0.3) is 0 Å². The topological polar surface area (TPSA) is 29.5 Å². The Kier molecular flexibility index (Phi) is 6.24. The first-order valence-electron chi connectivity index (χ1n) is 5.20. The van der Waals surface area contributed by atoms with Crippen molar-refractivity contribution in [1.82, 2.24) is 0 Å². The van der Waals surface area contributed by atoms with Gasteiger partial charge >= 0.3 is 0 Å². The van der Waals surface area contributed by atoms with Crippen LogP contribution in [0.5, 0.6) is 5.75 Å². The van der Waals surface area contributed by atoms with E-state index in [9.17, 15) is 5.11 Å². The van der Waals surface area contributed by atoms with Crippen molar-refractivity contribution in [2.24, 2.45) is 0 Å².